The Labute approximate surface area is 287 Å². The molecular weight excluding hydrogens is 644 g/mol. The van der Waals surface area contributed by atoms with Gasteiger partial charge in [-0.15, -0.1) is 0 Å². The number of aryl methyl sites for hydroxylation is 1. The van der Waals surface area contributed by atoms with Crippen LogP contribution in [0.4, 0.5) is 14.6 Å². The molecule has 4 aromatic rings. The van der Waals surface area contributed by atoms with Crippen molar-refractivity contribution in [2.75, 3.05) is 44.2 Å². The molecule has 4 aliphatic heterocycles. The van der Waals surface area contributed by atoms with Crippen LogP contribution in [-0.4, -0.2) is 97.9 Å². The first-order valence-corrected chi connectivity index (χ1v) is 16.7. The minimum Gasteiger partial charge on any atom is -0.417 e. The highest BCUT2D eigenvalue weighted by Crippen LogP contribution is 2.42. The van der Waals surface area contributed by atoms with Gasteiger partial charge in [-0.05, 0) is 49.1 Å². The van der Waals surface area contributed by atoms with Gasteiger partial charge in [-0.25, -0.2) is 15.0 Å². The molecule has 2 fully saturated rings. The molecule has 0 radical (unpaired) electrons. The molecule has 1 aromatic carbocycles. The Morgan fingerprint density at radius 1 is 0.980 bits per heavy atom. The number of anilines is 1. The highest BCUT2D eigenvalue weighted by atomic mass is 19.3. The Balaban J connectivity index is 0.876. The molecule has 1 atom stereocenters. The number of ether oxygens (including phenoxy) is 1. The van der Waals surface area contributed by atoms with Gasteiger partial charge in [0.1, 0.15) is 12.1 Å². The lowest BCUT2D eigenvalue weighted by Crippen LogP contribution is -2.43. The number of fused-ring (bicyclic) bond motifs is 1. The van der Waals surface area contributed by atoms with Crippen LogP contribution in [0.25, 0.3) is 17.0 Å². The zero-order valence-corrected chi connectivity index (χ0v) is 27.5. The van der Waals surface area contributed by atoms with Crippen molar-refractivity contribution in [2.45, 2.75) is 32.4 Å². The lowest BCUT2D eigenvalue weighted by Gasteiger charge is -2.29. The molecule has 14 heteroatoms. The maximum absolute atomic E-state index is 13.9. The number of halogens is 2. The van der Waals surface area contributed by atoms with E-state index in [1.54, 1.807) is 22.0 Å². The first-order valence-electron chi connectivity index (χ1n) is 16.7. The molecule has 0 N–H and O–H groups in total. The topological polar surface area (TPSA) is 122 Å². The Morgan fingerprint density at radius 2 is 1.78 bits per heavy atom. The number of carbonyl (C=O) groups excluding carboxylic acids is 2. The van der Waals surface area contributed by atoms with Crippen molar-refractivity contribution in [3.63, 3.8) is 0 Å². The number of aromatic nitrogens is 5. The molecular formula is C36H35F2N9O3. The summed E-state index contributed by atoms with van der Waals surface area (Å²) in [7, 11) is 1.85. The second-order valence-corrected chi connectivity index (χ2v) is 13.2. The zero-order valence-electron chi connectivity index (χ0n) is 27.5. The van der Waals surface area contributed by atoms with E-state index in [2.05, 4.69) is 47.9 Å². The van der Waals surface area contributed by atoms with E-state index in [4.69, 9.17) is 4.98 Å². The van der Waals surface area contributed by atoms with Crippen LogP contribution in [0.1, 0.15) is 41.6 Å². The lowest BCUT2D eigenvalue weighted by atomic mass is 9.85. The average molecular weight is 680 g/mol. The molecule has 7 heterocycles. The van der Waals surface area contributed by atoms with Crippen molar-refractivity contribution in [3.05, 3.63) is 89.5 Å². The van der Waals surface area contributed by atoms with Crippen LogP contribution in [0.3, 0.4) is 0 Å². The molecule has 12 nitrogen and oxygen atoms in total. The quantitative estimate of drug-likeness (QED) is 0.275. The zero-order chi connectivity index (χ0) is 34.4. The standard InChI is InChI=1S/C36H35F2N9O3/c1-44-22-41-33(43-44)25-4-2-23(3-5-25)24-10-14-46(15-11-24)30(48)20-45-16-12-36(21-45)13-17-47(34(36)49)28-8-6-27-19-40-31(32(27)42-28)26-7-9-29(39-18-26)50-35(37)38/h2-10,18,22,35H,11-17,19-21H2,1H3/t36-/m0/s1. The van der Waals surface area contributed by atoms with Crippen LogP contribution in [0.15, 0.2) is 72.1 Å². The number of pyridine rings is 2. The number of rotatable bonds is 8. The van der Waals surface area contributed by atoms with Crippen molar-refractivity contribution in [1.82, 2.24) is 34.5 Å². The first-order chi connectivity index (χ1) is 24.2. The summed E-state index contributed by atoms with van der Waals surface area (Å²) >= 11 is 0. The summed E-state index contributed by atoms with van der Waals surface area (Å²) in [6, 6.07) is 15.0. The summed E-state index contributed by atoms with van der Waals surface area (Å²) < 4.78 is 31.2. The van der Waals surface area contributed by atoms with Gasteiger partial charge in [-0.2, -0.15) is 13.9 Å². The second-order valence-electron chi connectivity index (χ2n) is 13.2. The fourth-order valence-electron chi connectivity index (χ4n) is 7.37. The minimum atomic E-state index is -2.95. The molecule has 2 saturated heterocycles. The van der Waals surface area contributed by atoms with Gasteiger partial charge < -0.3 is 9.64 Å². The van der Waals surface area contributed by atoms with Crippen molar-refractivity contribution in [3.8, 4) is 17.3 Å². The van der Waals surface area contributed by atoms with Crippen molar-refractivity contribution < 1.29 is 23.1 Å². The monoisotopic (exact) mass is 679 g/mol. The number of likely N-dealkylation sites (tertiary alicyclic amines) is 1. The highest BCUT2D eigenvalue weighted by molar-refractivity contribution is 6.14. The van der Waals surface area contributed by atoms with E-state index in [1.807, 2.05) is 36.2 Å². The average Bonchev–Trinajstić information content (AvgIpc) is 3.92. The van der Waals surface area contributed by atoms with Gasteiger partial charge in [0.05, 0.1) is 29.9 Å². The van der Waals surface area contributed by atoms with Gasteiger partial charge in [0.15, 0.2) is 5.82 Å². The van der Waals surface area contributed by atoms with Crippen LogP contribution < -0.4 is 9.64 Å². The summed E-state index contributed by atoms with van der Waals surface area (Å²) in [6.45, 7) is 0.738. The van der Waals surface area contributed by atoms with E-state index >= 15 is 0 Å². The molecule has 8 rings (SSSR count). The number of nitrogens with zero attached hydrogens (tertiary/aromatic N) is 9. The molecule has 0 unspecified atom stereocenters. The van der Waals surface area contributed by atoms with Gasteiger partial charge in [-0.3, -0.25) is 29.1 Å². The number of hydrogen-bond donors (Lipinski definition) is 0. The van der Waals surface area contributed by atoms with Gasteiger partial charge in [-0.1, -0.05) is 36.4 Å². The molecule has 2 amide bonds. The third-order valence-electron chi connectivity index (χ3n) is 10.1. The van der Waals surface area contributed by atoms with Crippen LogP contribution >= 0.6 is 0 Å². The molecule has 3 aromatic heterocycles. The molecule has 0 bridgehead atoms. The van der Waals surface area contributed by atoms with E-state index in [1.165, 1.54) is 17.8 Å². The number of hydrogen-bond acceptors (Lipinski definition) is 9. The van der Waals surface area contributed by atoms with Crippen LogP contribution in [0.2, 0.25) is 0 Å². The third kappa shape index (κ3) is 6.04. The highest BCUT2D eigenvalue weighted by Gasteiger charge is 2.51. The van der Waals surface area contributed by atoms with Crippen LogP contribution in [0.5, 0.6) is 5.88 Å². The molecule has 4 aliphatic rings. The maximum atomic E-state index is 13.9. The summed E-state index contributed by atoms with van der Waals surface area (Å²) in [5.41, 5.74) is 5.57. The fraction of sp³-hybridized carbons (Fsp3) is 0.361. The molecule has 1 spiro atoms. The van der Waals surface area contributed by atoms with Gasteiger partial charge in [0.25, 0.3) is 0 Å². The van der Waals surface area contributed by atoms with E-state index in [0.717, 1.165) is 23.1 Å². The fourth-order valence-corrected chi connectivity index (χ4v) is 7.37. The molecule has 50 heavy (non-hydrogen) atoms. The smallest absolute Gasteiger partial charge is 0.388 e. The van der Waals surface area contributed by atoms with E-state index in [9.17, 15) is 18.4 Å². The predicted octanol–water partition coefficient (Wildman–Crippen LogP) is 3.97. The molecule has 0 aliphatic carbocycles. The minimum absolute atomic E-state index is 0.0296. The third-order valence-corrected chi connectivity index (χ3v) is 10.1. The van der Waals surface area contributed by atoms with Gasteiger partial charge >= 0.3 is 6.61 Å². The summed E-state index contributed by atoms with van der Waals surface area (Å²) in [6.07, 6.45) is 7.41. The summed E-state index contributed by atoms with van der Waals surface area (Å²) in [5.74, 6) is 1.18. The van der Waals surface area contributed by atoms with Crippen molar-refractivity contribution in [2.24, 2.45) is 17.5 Å². The van der Waals surface area contributed by atoms with Crippen molar-refractivity contribution in [1.29, 1.82) is 0 Å². The van der Waals surface area contributed by atoms with Gasteiger partial charge in [0, 0.05) is 62.2 Å². The summed E-state index contributed by atoms with van der Waals surface area (Å²) in [4.78, 5) is 50.8. The first kappa shape index (κ1) is 31.9. The predicted molar refractivity (Wildman–Crippen MR) is 181 cm³/mol. The Bertz CT molecular complexity index is 2010. The largest absolute Gasteiger partial charge is 0.417 e. The number of benzene rings is 1. The van der Waals surface area contributed by atoms with E-state index in [0.29, 0.717) is 80.7 Å². The Morgan fingerprint density at radius 3 is 2.50 bits per heavy atom. The normalized spacial score (nSPS) is 20.5. The second kappa shape index (κ2) is 12.8. The Hall–Kier alpha value is -5.37. The molecule has 0 saturated carbocycles. The number of aliphatic imine (C=N–C) groups is 1. The summed E-state index contributed by atoms with van der Waals surface area (Å²) in [5, 5.41) is 4.37. The van der Waals surface area contributed by atoms with E-state index in [-0.39, 0.29) is 24.2 Å². The SMILES string of the molecule is Cn1cnc(-c2ccc(C3=CCN(C(=O)CN4CC[C@]5(CCN(c6ccc7c(n6)C(c6ccc(OC(F)F)nc6)=NC7)C5=O)C4)CC3)cc2)n1. The lowest BCUT2D eigenvalue weighted by molar-refractivity contribution is -0.132. The number of carbonyl (C=O) groups is 2. The van der Waals surface area contributed by atoms with Gasteiger partial charge in [0.2, 0.25) is 17.7 Å². The number of amides is 2. The van der Waals surface area contributed by atoms with Crippen molar-refractivity contribution >= 4 is 28.9 Å². The van der Waals surface area contributed by atoms with Crippen LogP contribution in [-0.2, 0) is 23.2 Å². The Kier molecular flexibility index (Phi) is 8.17. The number of alkyl halides is 2. The maximum Gasteiger partial charge on any atom is 0.388 e. The van der Waals surface area contributed by atoms with E-state index < -0.39 is 12.0 Å². The van der Waals surface area contributed by atoms with Crippen LogP contribution in [0, 0.1) is 5.41 Å². The molecule has 256 valence electrons.